The summed E-state index contributed by atoms with van der Waals surface area (Å²) in [6, 6.07) is 3.63. The molecule has 2 rings (SSSR count). The fourth-order valence-electron chi connectivity index (χ4n) is 3.03. The number of rotatable bonds is 5. The van der Waals surface area contributed by atoms with Crippen LogP contribution in [0.15, 0.2) is 12.1 Å². The van der Waals surface area contributed by atoms with Crippen LogP contribution in [-0.4, -0.2) is 24.0 Å². The molecule has 0 unspecified atom stereocenters. The lowest BCUT2D eigenvalue weighted by atomic mass is 9.83. The molecular formula is C16H24ClN3O. The van der Waals surface area contributed by atoms with Crippen molar-refractivity contribution < 1.29 is 4.79 Å². The molecule has 1 aromatic rings. The number of carbonyl (C=O) groups is 1. The zero-order valence-electron chi connectivity index (χ0n) is 12.8. The minimum Gasteiger partial charge on any atom is -0.373 e. The molecule has 4 nitrogen and oxygen atoms in total. The number of aromatic nitrogens is 1. The molecule has 1 heterocycles. The molecule has 0 aliphatic heterocycles. The van der Waals surface area contributed by atoms with E-state index in [0.29, 0.717) is 16.5 Å². The molecule has 0 aromatic carbocycles. The molecule has 0 radical (unpaired) electrons. The van der Waals surface area contributed by atoms with Gasteiger partial charge in [-0.25, -0.2) is 4.98 Å². The average molecular weight is 310 g/mol. The topological polar surface area (TPSA) is 54.0 Å². The minimum atomic E-state index is -0.0604. The van der Waals surface area contributed by atoms with E-state index in [1.807, 2.05) is 0 Å². The van der Waals surface area contributed by atoms with Gasteiger partial charge < -0.3 is 10.6 Å². The zero-order valence-corrected chi connectivity index (χ0v) is 13.5. The lowest BCUT2D eigenvalue weighted by molar-refractivity contribution is 0.0921. The first kappa shape index (κ1) is 16.1. The highest BCUT2D eigenvalue weighted by molar-refractivity contribution is 6.29. The van der Waals surface area contributed by atoms with Gasteiger partial charge in [-0.1, -0.05) is 31.4 Å². The van der Waals surface area contributed by atoms with Crippen molar-refractivity contribution in [2.24, 2.45) is 5.92 Å². The smallest absolute Gasteiger partial charge is 0.251 e. The summed E-state index contributed by atoms with van der Waals surface area (Å²) < 4.78 is 0. The second-order valence-corrected chi connectivity index (χ2v) is 6.18. The Labute approximate surface area is 131 Å². The van der Waals surface area contributed by atoms with Crippen LogP contribution in [0.4, 0.5) is 5.82 Å². The van der Waals surface area contributed by atoms with Gasteiger partial charge in [-0.05, 0) is 43.7 Å². The quantitative estimate of drug-likeness (QED) is 0.812. The molecule has 0 saturated heterocycles. The number of carbonyl (C=O) groups excluding carboxylic acids is 1. The van der Waals surface area contributed by atoms with Crippen LogP contribution in [0.5, 0.6) is 0 Å². The first-order valence-corrected chi connectivity index (χ1v) is 8.16. The van der Waals surface area contributed by atoms with Crippen molar-refractivity contribution in [2.75, 3.05) is 12.4 Å². The molecule has 1 aliphatic rings. The van der Waals surface area contributed by atoms with Gasteiger partial charge in [-0.3, -0.25) is 4.79 Å². The Balaban J connectivity index is 1.92. The van der Waals surface area contributed by atoms with Crippen LogP contribution in [0.25, 0.3) is 0 Å². The third kappa shape index (κ3) is 4.60. The van der Waals surface area contributed by atoms with E-state index in [-0.39, 0.29) is 11.9 Å². The molecule has 1 aliphatic carbocycles. The van der Waals surface area contributed by atoms with Crippen LogP contribution in [0.3, 0.4) is 0 Å². The standard InChI is InChI=1S/C16H24ClN3O/c1-3-4-11-5-7-13(8-6-11)19-16(21)12-9-14(17)20-15(10-12)18-2/h9-11,13H,3-8H2,1-2H3,(H,18,20)(H,19,21). The molecule has 1 fully saturated rings. The summed E-state index contributed by atoms with van der Waals surface area (Å²) in [5, 5.41) is 6.37. The molecule has 2 N–H and O–H groups in total. The third-order valence-corrected chi connectivity index (χ3v) is 4.38. The summed E-state index contributed by atoms with van der Waals surface area (Å²) in [5.41, 5.74) is 0.565. The van der Waals surface area contributed by atoms with Crippen molar-refractivity contribution in [3.8, 4) is 0 Å². The molecule has 0 spiro atoms. The maximum absolute atomic E-state index is 12.3. The van der Waals surface area contributed by atoms with Crippen molar-refractivity contribution in [1.29, 1.82) is 0 Å². The molecule has 0 bridgehead atoms. The molecule has 21 heavy (non-hydrogen) atoms. The van der Waals surface area contributed by atoms with E-state index in [4.69, 9.17) is 11.6 Å². The van der Waals surface area contributed by atoms with E-state index >= 15 is 0 Å². The lowest BCUT2D eigenvalue weighted by Crippen LogP contribution is -2.37. The summed E-state index contributed by atoms with van der Waals surface area (Å²) in [7, 11) is 1.76. The molecule has 5 heteroatoms. The highest BCUT2D eigenvalue weighted by atomic mass is 35.5. The van der Waals surface area contributed by atoms with E-state index < -0.39 is 0 Å². The molecule has 0 atom stereocenters. The van der Waals surface area contributed by atoms with Gasteiger partial charge in [0.2, 0.25) is 0 Å². The fourth-order valence-corrected chi connectivity index (χ4v) is 3.24. The number of pyridine rings is 1. The largest absolute Gasteiger partial charge is 0.373 e. The highest BCUT2D eigenvalue weighted by Crippen LogP contribution is 2.28. The number of halogens is 1. The summed E-state index contributed by atoms with van der Waals surface area (Å²) in [6.45, 7) is 2.24. The number of anilines is 1. The number of hydrogen-bond donors (Lipinski definition) is 2. The maximum Gasteiger partial charge on any atom is 0.251 e. The normalized spacial score (nSPS) is 21.9. The second kappa shape index (κ2) is 7.64. The van der Waals surface area contributed by atoms with Crippen LogP contribution in [0, 0.1) is 5.92 Å². The summed E-state index contributed by atoms with van der Waals surface area (Å²) >= 11 is 5.94. The van der Waals surface area contributed by atoms with Crippen molar-refractivity contribution >= 4 is 23.3 Å². The predicted octanol–water partition coefficient (Wildman–Crippen LogP) is 3.87. The van der Waals surface area contributed by atoms with Crippen LogP contribution < -0.4 is 10.6 Å². The average Bonchev–Trinajstić information content (AvgIpc) is 2.48. The van der Waals surface area contributed by atoms with Crippen molar-refractivity contribution in [1.82, 2.24) is 10.3 Å². The maximum atomic E-state index is 12.3. The molecular weight excluding hydrogens is 286 g/mol. The van der Waals surface area contributed by atoms with Gasteiger partial charge >= 0.3 is 0 Å². The summed E-state index contributed by atoms with van der Waals surface area (Å²) in [4.78, 5) is 16.4. The van der Waals surface area contributed by atoms with Crippen molar-refractivity contribution in [3.05, 3.63) is 22.8 Å². The number of amides is 1. The first-order chi connectivity index (χ1) is 10.1. The Morgan fingerprint density at radius 1 is 1.33 bits per heavy atom. The number of nitrogens with zero attached hydrogens (tertiary/aromatic N) is 1. The van der Waals surface area contributed by atoms with Gasteiger partial charge in [0.1, 0.15) is 11.0 Å². The predicted molar refractivity (Wildman–Crippen MR) is 86.9 cm³/mol. The molecule has 116 valence electrons. The van der Waals surface area contributed by atoms with Gasteiger partial charge in [-0.15, -0.1) is 0 Å². The van der Waals surface area contributed by atoms with Crippen LogP contribution in [-0.2, 0) is 0 Å². The highest BCUT2D eigenvalue weighted by Gasteiger charge is 2.22. The summed E-state index contributed by atoms with van der Waals surface area (Å²) in [5.74, 6) is 1.39. The zero-order chi connectivity index (χ0) is 15.2. The molecule has 1 aromatic heterocycles. The van der Waals surface area contributed by atoms with Gasteiger partial charge in [-0.2, -0.15) is 0 Å². The Morgan fingerprint density at radius 3 is 2.67 bits per heavy atom. The van der Waals surface area contributed by atoms with Gasteiger partial charge in [0, 0.05) is 18.7 Å². The lowest BCUT2D eigenvalue weighted by Gasteiger charge is -2.29. The SMILES string of the molecule is CCCC1CCC(NC(=O)c2cc(Cl)nc(NC)c2)CC1. The van der Waals surface area contributed by atoms with Crippen molar-refractivity contribution in [2.45, 2.75) is 51.5 Å². The van der Waals surface area contributed by atoms with Crippen LogP contribution in [0.2, 0.25) is 5.15 Å². The summed E-state index contributed by atoms with van der Waals surface area (Å²) in [6.07, 6.45) is 7.16. The van der Waals surface area contributed by atoms with Gasteiger partial charge in [0.25, 0.3) is 5.91 Å². The fraction of sp³-hybridized carbons (Fsp3) is 0.625. The first-order valence-electron chi connectivity index (χ1n) is 7.78. The van der Waals surface area contributed by atoms with Crippen LogP contribution >= 0.6 is 11.6 Å². The Kier molecular flexibility index (Phi) is 5.85. The second-order valence-electron chi connectivity index (χ2n) is 5.79. The van der Waals surface area contributed by atoms with Crippen molar-refractivity contribution in [3.63, 3.8) is 0 Å². The Bertz CT molecular complexity index is 484. The molecule has 1 amide bonds. The van der Waals surface area contributed by atoms with E-state index in [1.165, 1.54) is 25.7 Å². The Hall–Kier alpha value is -1.29. The minimum absolute atomic E-state index is 0.0604. The number of nitrogens with one attached hydrogen (secondary N) is 2. The van der Waals surface area contributed by atoms with Gasteiger partial charge in [0.15, 0.2) is 0 Å². The monoisotopic (exact) mass is 309 g/mol. The van der Waals surface area contributed by atoms with E-state index in [0.717, 1.165) is 18.8 Å². The number of hydrogen-bond acceptors (Lipinski definition) is 3. The third-order valence-electron chi connectivity index (χ3n) is 4.19. The van der Waals surface area contributed by atoms with E-state index in [2.05, 4.69) is 22.5 Å². The van der Waals surface area contributed by atoms with E-state index in [9.17, 15) is 4.79 Å². The van der Waals surface area contributed by atoms with Gasteiger partial charge in [0.05, 0.1) is 0 Å². The van der Waals surface area contributed by atoms with E-state index in [1.54, 1.807) is 19.2 Å². The Morgan fingerprint density at radius 2 is 2.05 bits per heavy atom. The molecule has 1 saturated carbocycles. The van der Waals surface area contributed by atoms with Crippen LogP contribution in [0.1, 0.15) is 55.8 Å².